The van der Waals surface area contributed by atoms with Crippen LogP contribution >= 0.6 is 11.8 Å². The third-order valence-electron chi connectivity index (χ3n) is 3.51. The van der Waals surface area contributed by atoms with Crippen LogP contribution in [0.3, 0.4) is 0 Å². The van der Waals surface area contributed by atoms with Gasteiger partial charge in [-0.05, 0) is 30.2 Å². The molecule has 2 N–H and O–H groups in total. The van der Waals surface area contributed by atoms with Crippen molar-refractivity contribution in [2.24, 2.45) is 5.92 Å². The normalized spacial score (nSPS) is 17.4. The van der Waals surface area contributed by atoms with Crippen LogP contribution in [0.4, 0.5) is 5.69 Å². The first-order valence-corrected chi connectivity index (χ1v) is 9.08. The second-order valence-electron chi connectivity index (χ2n) is 6.12. The Bertz CT molecular complexity index is 633. The van der Waals surface area contributed by atoms with Gasteiger partial charge in [0.2, 0.25) is 17.7 Å². The lowest BCUT2D eigenvalue weighted by Gasteiger charge is -2.36. The lowest BCUT2D eigenvalue weighted by Crippen LogP contribution is -2.56. The van der Waals surface area contributed by atoms with Crippen molar-refractivity contribution in [2.75, 3.05) is 24.7 Å². The predicted molar refractivity (Wildman–Crippen MR) is 97.2 cm³/mol. The maximum absolute atomic E-state index is 12.1. The van der Waals surface area contributed by atoms with Crippen molar-refractivity contribution in [3.63, 3.8) is 0 Å². The van der Waals surface area contributed by atoms with E-state index >= 15 is 0 Å². The van der Waals surface area contributed by atoms with Crippen molar-refractivity contribution in [3.05, 3.63) is 24.3 Å². The number of methoxy groups -OCH3 is 1. The Morgan fingerprint density at radius 2 is 2.04 bits per heavy atom. The van der Waals surface area contributed by atoms with E-state index in [9.17, 15) is 14.4 Å². The van der Waals surface area contributed by atoms with Crippen LogP contribution in [-0.4, -0.2) is 47.5 Å². The van der Waals surface area contributed by atoms with E-state index in [1.54, 1.807) is 36.3 Å². The van der Waals surface area contributed by atoms with Crippen LogP contribution in [0, 0.1) is 5.92 Å². The highest BCUT2D eigenvalue weighted by atomic mass is 32.2. The number of nitrogens with one attached hydrogen (secondary N) is 2. The molecule has 0 radical (unpaired) electrons. The number of thioether (sulfide) groups is 1. The van der Waals surface area contributed by atoms with Crippen molar-refractivity contribution in [1.82, 2.24) is 10.2 Å². The smallest absolute Gasteiger partial charge is 0.234 e. The topological polar surface area (TPSA) is 87.7 Å². The highest BCUT2D eigenvalue weighted by Gasteiger charge is 2.32. The molecule has 1 aromatic rings. The Hall–Kier alpha value is -2.22. The summed E-state index contributed by atoms with van der Waals surface area (Å²) in [6.07, 6.45) is -0.137. The van der Waals surface area contributed by atoms with E-state index in [2.05, 4.69) is 10.6 Å². The zero-order valence-corrected chi connectivity index (χ0v) is 15.4. The van der Waals surface area contributed by atoms with Crippen molar-refractivity contribution in [3.8, 4) is 5.75 Å². The molecule has 1 aliphatic rings. The number of hydrogen-bond donors (Lipinski definition) is 2. The third kappa shape index (κ3) is 5.67. The van der Waals surface area contributed by atoms with Gasteiger partial charge in [-0.3, -0.25) is 14.4 Å². The molecule has 0 unspecified atom stereocenters. The average molecular weight is 365 g/mol. The molecule has 1 saturated heterocycles. The van der Waals surface area contributed by atoms with Gasteiger partial charge in [0.1, 0.15) is 12.2 Å². The Labute approximate surface area is 151 Å². The van der Waals surface area contributed by atoms with Gasteiger partial charge in [0, 0.05) is 12.2 Å². The van der Waals surface area contributed by atoms with Crippen molar-refractivity contribution < 1.29 is 19.1 Å². The molecule has 0 spiro atoms. The number of benzene rings is 1. The second kappa shape index (κ2) is 8.75. The van der Waals surface area contributed by atoms with Crippen LogP contribution in [0.5, 0.6) is 5.75 Å². The largest absolute Gasteiger partial charge is 0.497 e. The SMILES string of the molecule is COc1ccc(NC(=O)CS[C@H]2NC(=O)CC(=O)N2CC(C)C)cc1. The van der Waals surface area contributed by atoms with Gasteiger partial charge in [0.15, 0.2) is 5.50 Å². The molecule has 0 aromatic heterocycles. The van der Waals surface area contributed by atoms with Crippen molar-refractivity contribution >= 4 is 35.2 Å². The first-order chi connectivity index (χ1) is 11.9. The van der Waals surface area contributed by atoms with E-state index in [-0.39, 0.29) is 35.8 Å². The number of anilines is 1. The average Bonchev–Trinajstić information content (AvgIpc) is 2.56. The molecular weight excluding hydrogens is 342 g/mol. The fraction of sp³-hybridized carbons (Fsp3) is 0.471. The predicted octanol–water partition coefficient (Wildman–Crippen LogP) is 1.65. The monoisotopic (exact) mass is 365 g/mol. The van der Waals surface area contributed by atoms with Crippen molar-refractivity contribution in [2.45, 2.75) is 25.8 Å². The summed E-state index contributed by atoms with van der Waals surface area (Å²) in [5.41, 5.74) is 0.145. The van der Waals surface area contributed by atoms with Gasteiger partial charge in [-0.15, -0.1) is 11.8 Å². The Balaban J connectivity index is 1.91. The van der Waals surface area contributed by atoms with E-state index in [4.69, 9.17) is 4.74 Å². The number of carbonyl (C=O) groups is 3. The van der Waals surface area contributed by atoms with Gasteiger partial charge < -0.3 is 20.3 Å². The summed E-state index contributed by atoms with van der Waals surface area (Å²) in [5, 5.41) is 5.55. The lowest BCUT2D eigenvalue weighted by molar-refractivity contribution is -0.142. The van der Waals surface area contributed by atoms with Gasteiger partial charge >= 0.3 is 0 Å². The van der Waals surface area contributed by atoms with E-state index in [0.717, 1.165) is 0 Å². The van der Waals surface area contributed by atoms with Gasteiger partial charge in [0.25, 0.3) is 0 Å². The lowest BCUT2D eigenvalue weighted by atomic mass is 10.2. The number of rotatable bonds is 7. The molecule has 136 valence electrons. The quantitative estimate of drug-likeness (QED) is 0.718. The first kappa shape index (κ1) is 19.1. The third-order valence-corrected chi connectivity index (χ3v) is 4.62. The minimum absolute atomic E-state index is 0.124. The summed E-state index contributed by atoms with van der Waals surface area (Å²) >= 11 is 1.23. The van der Waals surface area contributed by atoms with Crippen LogP contribution in [0.1, 0.15) is 20.3 Å². The molecule has 3 amide bonds. The van der Waals surface area contributed by atoms with Crippen LogP contribution in [0.15, 0.2) is 24.3 Å². The van der Waals surface area contributed by atoms with E-state index < -0.39 is 5.50 Å². The maximum Gasteiger partial charge on any atom is 0.234 e. The molecule has 2 rings (SSSR count). The van der Waals surface area contributed by atoms with E-state index in [1.165, 1.54) is 11.8 Å². The Kier molecular flexibility index (Phi) is 6.69. The summed E-state index contributed by atoms with van der Waals surface area (Å²) < 4.78 is 5.07. The molecule has 0 bridgehead atoms. The number of carbonyl (C=O) groups excluding carboxylic acids is 3. The van der Waals surface area contributed by atoms with Gasteiger partial charge in [-0.2, -0.15) is 0 Å². The molecule has 25 heavy (non-hydrogen) atoms. The Morgan fingerprint density at radius 3 is 2.64 bits per heavy atom. The number of ether oxygens (including phenoxy) is 1. The number of nitrogens with zero attached hydrogens (tertiary/aromatic N) is 1. The van der Waals surface area contributed by atoms with Gasteiger partial charge in [-0.25, -0.2) is 0 Å². The summed E-state index contributed by atoms with van der Waals surface area (Å²) in [6, 6.07) is 7.01. The minimum Gasteiger partial charge on any atom is -0.497 e. The van der Waals surface area contributed by atoms with Crippen LogP contribution in [0.25, 0.3) is 0 Å². The summed E-state index contributed by atoms with van der Waals surface area (Å²) in [4.78, 5) is 37.5. The van der Waals surface area contributed by atoms with Crippen LogP contribution in [0.2, 0.25) is 0 Å². The molecule has 1 heterocycles. The molecular formula is C17H23N3O4S. The molecule has 0 saturated carbocycles. The number of hydrogen-bond acceptors (Lipinski definition) is 5. The molecule has 1 fully saturated rings. The van der Waals surface area contributed by atoms with E-state index in [1.807, 2.05) is 13.8 Å². The molecule has 1 aromatic carbocycles. The van der Waals surface area contributed by atoms with Gasteiger partial charge in [-0.1, -0.05) is 13.8 Å². The molecule has 7 nitrogen and oxygen atoms in total. The van der Waals surface area contributed by atoms with Crippen LogP contribution in [-0.2, 0) is 14.4 Å². The maximum atomic E-state index is 12.1. The Morgan fingerprint density at radius 1 is 1.36 bits per heavy atom. The standard InChI is InChI=1S/C17H23N3O4S/c1-11(2)9-20-16(23)8-14(21)19-17(20)25-10-15(22)18-12-4-6-13(24-3)7-5-12/h4-7,11,17H,8-10H2,1-3H3,(H,18,22)(H,19,21)/t17-/m0/s1. The fourth-order valence-corrected chi connectivity index (χ4v) is 3.36. The zero-order chi connectivity index (χ0) is 18.4. The van der Waals surface area contributed by atoms with E-state index in [0.29, 0.717) is 18.0 Å². The van der Waals surface area contributed by atoms with Gasteiger partial charge in [0.05, 0.1) is 12.9 Å². The summed E-state index contributed by atoms with van der Waals surface area (Å²) in [7, 11) is 1.58. The highest BCUT2D eigenvalue weighted by molar-refractivity contribution is 8.00. The second-order valence-corrected chi connectivity index (χ2v) is 7.19. The highest BCUT2D eigenvalue weighted by Crippen LogP contribution is 2.21. The fourth-order valence-electron chi connectivity index (χ4n) is 2.38. The summed E-state index contributed by atoms with van der Waals surface area (Å²) in [5.74, 6) is 0.393. The van der Waals surface area contributed by atoms with Crippen molar-refractivity contribution in [1.29, 1.82) is 0 Å². The summed E-state index contributed by atoms with van der Waals surface area (Å²) in [6.45, 7) is 4.54. The molecule has 1 aliphatic heterocycles. The molecule has 1 atom stereocenters. The number of amides is 3. The molecule has 8 heteroatoms. The first-order valence-electron chi connectivity index (χ1n) is 8.03. The van der Waals surface area contributed by atoms with Crippen LogP contribution < -0.4 is 15.4 Å². The minimum atomic E-state index is -0.516. The molecule has 0 aliphatic carbocycles. The zero-order valence-electron chi connectivity index (χ0n) is 14.6.